The average Bonchev–Trinajstić information content (AvgIpc) is 3.18. The summed E-state index contributed by atoms with van der Waals surface area (Å²) in [6, 6.07) is 4.49. The van der Waals surface area contributed by atoms with E-state index in [-0.39, 0.29) is 48.6 Å². The Morgan fingerprint density at radius 3 is 2.77 bits per heavy atom. The molecule has 0 radical (unpaired) electrons. The molecule has 3 amide bonds. The van der Waals surface area contributed by atoms with Gasteiger partial charge in [0.15, 0.2) is 5.75 Å². The molecule has 4 rings (SSSR count). The maximum Gasteiger partial charge on any atom is 0.255 e. The van der Waals surface area contributed by atoms with E-state index >= 15 is 0 Å². The van der Waals surface area contributed by atoms with Crippen molar-refractivity contribution in [1.29, 1.82) is 0 Å². The quantitative estimate of drug-likeness (QED) is 0.491. The second-order valence-corrected chi connectivity index (χ2v) is 10.9. The molecule has 2 N–H and O–H groups in total. The maximum absolute atomic E-state index is 12.7. The minimum Gasteiger partial charge on any atom is -0.598 e. The van der Waals surface area contributed by atoms with E-state index in [0.29, 0.717) is 18.6 Å². The van der Waals surface area contributed by atoms with Crippen LogP contribution in [0.15, 0.2) is 18.2 Å². The van der Waals surface area contributed by atoms with Crippen LogP contribution >= 0.6 is 0 Å². The number of piperidine rings is 1. The number of rotatable bonds is 6. The highest BCUT2D eigenvalue weighted by Gasteiger charge is 2.41. The number of nitrogens with one attached hydrogen (secondary N) is 2. The lowest BCUT2D eigenvalue weighted by Gasteiger charge is -2.29. The van der Waals surface area contributed by atoms with E-state index in [9.17, 15) is 23.1 Å². The topological polar surface area (TPSA) is 128 Å². The molecule has 168 valence electrons. The van der Waals surface area contributed by atoms with Crippen LogP contribution in [0, 0.1) is 5.41 Å². The van der Waals surface area contributed by atoms with Crippen LogP contribution < -0.4 is 10.0 Å². The zero-order valence-electron chi connectivity index (χ0n) is 17.6. The van der Waals surface area contributed by atoms with Crippen LogP contribution in [0.25, 0.3) is 0 Å². The Morgan fingerprint density at radius 1 is 1.32 bits per heavy atom. The van der Waals surface area contributed by atoms with Crippen LogP contribution in [0.3, 0.4) is 0 Å². The van der Waals surface area contributed by atoms with Crippen molar-refractivity contribution in [2.75, 3.05) is 12.4 Å². The molecule has 0 aromatic heterocycles. The molecule has 3 atom stereocenters. The molecule has 3 aliphatic rings. The van der Waals surface area contributed by atoms with Gasteiger partial charge in [0.2, 0.25) is 11.8 Å². The summed E-state index contributed by atoms with van der Waals surface area (Å²) in [6.07, 6.45) is 0.988. The number of nitrogens with zero attached hydrogens (tertiary/aromatic N) is 1. The number of hydrogen-bond donors (Lipinski definition) is 2. The summed E-state index contributed by atoms with van der Waals surface area (Å²) in [5.74, 6) is -1.13. The molecule has 2 fully saturated rings. The molecular weight excluding hydrogens is 422 g/mol. The SMILES string of the molecule is CC1(C)CCOC1C[S+](=O)([O-])NCc1ccc2c(c1)CN(C1CCC(=O)NC1=O)C2=O. The van der Waals surface area contributed by atoms with Crippen molar-refractivity contribution in [1.82, 2.24) is 14.9 Å². The molecule has 0 saturated carbocycles. The first kappa shape index (κ1) is 22.1. The number of hydrogen-bond acceptors (Lipinski definition) is 6. The van der Waals surface area contributed by atoms with E-state index in [2.05, 4.69) is 10.0 Å². The van der Waals surface area contributed by atoms with Gasteiger partial charge in [0.1, 0.15) is 22.5 Å². The van der Waals surface area contributed by atoms with Crippen molar-refractivity contribution >= 4 is 28.1 Å². The largest absolute Gasteiger partial charge is 0.598 e. The minimum absolute atomic E-state index is 0.0906. The fraction of sp³-hybridized carbons (Fsp3) is 0.571. The molecule has 3 heterocycles. The fourth-order valence-electron chi connectivity index (χ4n) is 4.31. The predicted molar refractivity (Wildman–Crippen MR) is 111 cm³/mol. The maximum atomic E-state index is 12.7. The number of carbonyl (C=O) groups is 3. The molecule has 3 unspecified atom stereocenters. The third kappa shape index (κ3) is 4.57. The van der Waals surface area contributed by atoms with E-state index in [0.717, 1.165) is 17.5 Å². The molecule has 0 bridgehead atoms. The summed E-state index contributed by atoms with van der Waals surface area (Å²) in [4.78, 5) is 37.7. The monoisotopic (exact) mass is 449 g/mol. The third-order valence-electron chi connectivity index (χ3n) is 6.39. The Bertz CT molecular complexity index is 978. The van der Waals surface area contributed by atoms with E-state index in [1.165, 1.54) is 4.90 Å². The van der Waals surface area contributed by atoms with Gasteiger partial charge >= 0.3 is 0 Å². The highest BCUT2D eigenvalue weighted by molar-refractivity contribution is 7.95. The van der Waals surface area contributed by atoms with Crippen molar-refractivity contribution < 1.29 is 27.9 Å². The van der Waals surface area contributed by atoms with E-state index in [4.69, 9.17) is 4.74 Å². The smallest absolute Gasteiger partial charge is 0.255 e. The normalized spacial score (nSPS) is 27.2. The van der Waals surface area contributed by atoms with Crippen LogP contribution in [0.2, 0.25) is 0 Å². The van der Waals surface area contributed by atoms with Crippen LogP contribution in [-0.2, 0) is 42.0 Å². The Kier molecular flexibility index (Phi) is 5.76. The van der Waals surface area contributed by atoms with Crippen LogP contribution in [0.1, 0.15) is 54.6 Å². The molecule has 1 aromatic carbocycles. The standard InChI is InChI=1S/C21H27N3O6S/c1-21(2)7-8-30-17(21)12-31(28,29)22-10-13-3-4-15-14(9-13)11-24(20(15)27)16-5-6-18(25)23-19(16)26/h3-4,9,16-17H,5-8,10-12H2,1-2H3,(H2-,22,23,25,26,28,29). The first-order chi connectivity index (χ1) is 14.6. The Hall–Kier alpha value is -2.14. The summed E-state index contributed by atoms with van der Waals surface area (Å²) >= 11 is 0. The lowest BCUT2D eigenvalue weighted by molar-refractivity contribution is -0.136. The van der Waals surface area contributed by atoms with Gasteiger partial charge in [-0.25, -0.2) is 0 Å². The zero-order valence-corrected chi connectivity index (χ0v) is 18.5. The average molecular weight is 450 g/mol. The Labute approximate surface area is 182 Å². The number of carbonyl (C=O) groups excluding carboxylic acids is 3. The van der Waals surface area contributed by atoms with E-state index in [1.54, 1.807) is 18.2 Å². The van der Waals surface area contributed by atoms with Gasteiger partial charge in [0, 0.05) is 25.1 Å². The lowest BCUT2D eigenvalue weighted by atomic mass is 9.87. The summed E-state index contributed by atoms with van der Waals surface area (Å²) in [7, 11) is -3.54. The van der Waals surface area contributed by atoms with Gasteiger partial charge in [0.25, 0.3) is 5.91 Å². The van der Waals surface area contributed by atoms with E-state index < -0.39 is 22.3 Å². The third-order valence-corrected chi connectivity index (χ3v) is 7.72. The van der Waals surface area contributed by atoms with Crippen molar-refractivity contribution in [2.24, 2.45) is 5.41 Å². The van der Waals surface area contributed by atoms with Crippen molar-refractivity contribution in [3.05, 3.63) is 34.9 Å². The van der Waals surface area contributed by atoms with Gasteiger partial charge in [0.05, 0.1) is 6.54 Å². The zero-order chi connectivity index (χ0) is 22.4. The summed E-state index contributed by atoms with van der Waals surface area (Å²) < 4.78 is 33.3. The number of fused-ring (bicyclic) bond motifs is 1. The Balaban J connectivity index is 1.40. The number of benzene rings is 1. The molecule has 0 spiro atoms. The van der Waals surface area contributed by atoms with Gasteiger partial charge in [-0.3, -0.25) is 19.7 Å². The van der Waals surface area contributed by atoms with Crippen molar-refractivity contribution in [3.8, 4) is 0 Å². The van der Waals surface area contributed by atoms with Crippen LogP contribution in [-0.4, -0.2) is 51.7 Å². The predicted octanol–water partition coefficient (Wildman–Crippen LogP) is 0.897. The summed E-state index contributed by atoms with van der Waals surface area (Å²) in [5.41, 5.74) is 1.79. The molecule has 1 aromatic rings. The van der Waals surface area contributed by atoms with Crippen molar-refractivity contribution in [2.45, 2.75) is 58.3 Å². The number of sulfonamides is 1. The van der Waals surface area contributed by atoms with Crippen LogP contribution in [0.4, 0.5) is 0 Å². The summed E-state index contributed by atoms with van der Waals surface area (Å²) in [6.45, 7) is 4.94. The highest BCUT2D eigenvalue weighted by atomic mass is 32.3. The molecular formula is C21H27N3O6S. The van der Waals surface area contributed by atoms with E-state index in [1.807, 2.05) is 13.8 Å². The summed E-state index contributed by atoms with van der Waals surface area (Å²) in [5, 5.41) is 2.28. The fourth-order valence-corrected chi connectivity index (χ4v) is 5.76. The van der Waals surface area contributed by atoms with Gasteiger partial charge < -0.3 is 14.2 Å². The van der Waals surface area contributed by atoms with Crippen LogP contribution in [0.5, 0.6) is 0 Å². The van der Waals surface area contributed by atoms with Gasteiger partial charge in [-0.15, -0.1) is 4.72 Å². The lowest BCUT2D eigenvalue weighted by Crippen LogP contribution is -2.52. The first-order valence-corrected chi connectivity index (χ1v) is 12.1. The second-order valence-electron chi connectivity index (χ2n) is 9.09. The van der Waals surface area contributed by atoms with Crippen molar-refractivity contribution in [3.63, 3.8) is 0 Å². The van der Waals surface area contributed by atoms with Gasteiger partial charge in [-0.1, -0.05) is 30.2 Å². The molecule has 3 aliphatic heterocycles. The number of ether oxygens (including phenoxy) is 1. The molecule has 31 heavy (non-hydrogen) atoms. The minimum atomic E-state index is -3.54. The first-order valence-electron chi connectivity index (χ1n) is 10.4. The number of imide groups is 1. The number of amides is 3. The second kappa shape index (κ2) is 8.09. The van der Waals surface area contributed by atoms with Gasteiger partial charge in [-0.05, 0) is 35.4 Å². The van der Waals surface area contributed by atoms with Gasteiger partial charge in [-0.2, -0.15) is 0 Å². The Morgan fingerprint density at radius 2 is 2.10 bits per heavy atom. The molecule has 9 nitrogen and oxygen atoms in total. The highest BCUT2D eigenvalue weighted by Crippen LogP contribution is 2.35. The molecule has 10 heteroatoms. The molecule has 2 saturated heterocycles. The molecule has 0 aliphatic carbocycles.